The molecule has 0 spiro atoms. The fraction of sp³-hybridized carbons (Fsp3) is 0.462. The van der Waals surface area contributed by atoms with Gasteiger partial charge < -0.3 is 19.9 Å². The Hall–Kier alpha value is -1.75. The number of hydrogen-bond donors (Lipinski definition) is 2. The van der Waals surface area contributed by atoms with Crippen LogP contribution >= 0.6 is 0 Å². The van der Waals surface area contributed by atoms with Crippen LogP contribution in [-0.4, -0.2) is 30.5 Å². The van der Waals surface area contributed by atoms with Crippen molar-refractivity contribution in [1.82, 2.24) is 5.32 Å². The number of aliphatic hydroxyl groups is 1. The minimum absolute atomic E-state index is 0.0200. The Morgan fingerprint density at radius 1 is 1.44 bits per heavy atom. The zero-order chi connectivity index (χ0) is 13.1. The van der Waals surface area contributed by atoms with Gasteiger partial charge in [-0.15, -0.1) is 0 Å². The molecule has 0 saturated carbocycles. The highest BCUT2D eigenvalue weighted by molar-refractivity contribution is 5.69. The first kappa shape index (κ1) is 12.7. The van der Waals surface area contributed by atoms with Gasteiger partial charge in [0.2, 0.25) is 0 Å². The van der Waals surface area contributed by atoms with Crippen LogP contribution in [0, 0.1) is 13.8 Å². The summed E-state index contributed by atoms with van der Waals surface area (Å²) in [5.74, 6) is 0.787. The first-order valence-electron chi connectivity index (χ1n) is 5.88. The first-order valence-corrected chi connectivity index (χ1v) is 5.88. The van der Waals surface area contributed by atoms with E-state index in [1.54, 1.807) is 0 Å². The number of alkyl carbamates (subject to hydrolysis) is 1. The topological polar surface area (TPSA) is 67.8 Å². The number of aliphatic hydroxyl groups excluding tert-OH is 1. The Bertz CT molecular complexity index is 435. The summed E-state index contributed by atoms with van der Waals surface area (Å²) < 4.78 is 10.7. The smallest absolute Gasteiger partial charge is 0.407 e. The van der Waals surface area contributed by atoms with E-state index >= 15 is 0 Å². The normalized spacial score (nSPS) is 18.4. The summed E-state index contributed by atoms with van der Waals surface area (Å²) in [6.07, 6.45) is -0.638. The van der Waals surface area contributed by atoms with Crippen molar-refractivity contribution in [1.29, 1.82) is 0 Å². The molecule has 0 radical (unpaired) electrons. The predicted molar refractivity (Wildman–Crippen MR) is 65.6 cm³/mol. The van der Waals surface area contributed by atoms with Crippen LogP contribution in [0.25, 0.3) is 0 Å². The lowest BCUT2D eigenvalue weighted by molar-refractivity contribution is 0.104. The number of amides is 1. The summed E-state index contributed by atoms with van der Waals surface area (Å²) in [5.41, 5.74) is 2.80. The van der Waals surface area contributed by atoms with Crippen molar-refractivity contribution in [2.45, 2.75) is 26.6 Å². The van der Waals surface area contributed by atoms with Crippen molar-refractivity contribution in [3.05, 3.63) is 28.8 Å². The van der Waals surface area contributed by atoms with Crippen LogP contribution in [0.5, 0.6) is 5.75 Å². The average Bonchev–Trinajstić information content (AvgIpc) is 2.73. The third kappa shape index (κ3) is 2.73. The number of cyclic esters (lactones) is 1. The van der Waals surface area contributed by atoms with Gasteiger partial charge in [-0.3, -0.25) is 0 Å². The fourth-order valence-corrected chi connectivity index (χ4v) is 2.06. The SMILES string of the molecule is Cc1cc(CO)cc(C)c1OCC1CNC(=O)O1. The van der Waals surface area contributed by atoms with Crippen molar-refractivity contribution >= 4 is 6.09 Å². The van der Waals surface area contributed by atoms with Crippen molar-refractivity contribution in [2.75, 3.05) is 13.2 Å². The molecule has 1 fully saturated rings. The number of ether oxygens (including phenoxy) is 2. The summed E-state index contributed by atoms with van der Waals surface area (Å²) in [6, 6.07) is 3.78. The van der Waals surface area contributed by atoms with Crippen molar-refractivity contribution in [3.63, 3.8) is 0 Å². The third-order valence-electron chi connectivity index (χ3n) is 2.86. The van der Waals surface area contributed by atoms with E-state index in [-0.39, 0.29) is 12.7 Å². The van der Waals surface area contributed by atoms with Gasteiger partial charge in [0.15, 0.2) is 6.10 Å². The number of carbonyl (C=O) groups excluding carboxylic acids is 1. The van der Waals surface area contributed by atoms with Crippen molar-refractivity contribution in [3.8, 4) is 5.75 Å². The quantitative estimate of drug-likeness (QED) is 0.846. The van der Waals surface area contributed by atoms with Gasteiger partial charge in [0.25, 0.3) is 0 Å². The molecular weight excluding hydrogens is 234 g/mol. The summed E-state index contributed by atoms with van der Waals surface area (Å²) >= 11 is 0. The molecule has 1 heterocycles. The lowest BCUT2D eigenvalue weighted by Gasteiger charge is -2.15. The second-order valence-electron chi connectivity index (χ2n) is 4.44. The van der Waals surface area contributed by atoms with Gasteiger partial charge in [-0.25, -0.2) is 4.79 Å². The van der Waals surface area contributed by atoms with E-state index in [9.17, 15) is 4.79 Å². The van der Waals surface area contributed by atoms with Crippen molar-refractivity contribution < 1.29 is 19.4 Å². The average molecular weight is 251 g/mol. The number of benzene rings is 1. The molecule has 1 aliphatic heterocycles. The van der Waals surface area contributed by atoms with Gasteiger partial charge in [0.1, 0.15) is 12.4 Å². The molecule has 0 aromatic heterocycles. The first-order chi connectivity index (χ1) is 8.60. The van der Waals surface area contributed by atoms with Crippen LogP contribution in [0.15, 0.2) is 12.1 Å². The molecule has 2 rings (SSSR count). The van der Waals surface area contributed by atoms with Gasteiger partial charge in [0.05, 0.1) is 13.2 Å². The highest BCUT2D eigenvalue weighted by Gasteiger charge is 2.23. The monoisotopic (exact) mass is 251 g/mol. The number of aryl methyl sites for hydroxylation is 2. The highest BCUT2D eigenvalue weighted by Crippen LogP contribution is 2.25. The Labute approximate surface area is 106 Å². The van der Waals surface area contributed by atoms with Gasteiger partial charge >= 0.3 is 6.09 Å². The molecule has 1 unspecified atom stereocenters. The molecular formula is C13H17NO4. The molecule has 2 N–H and O–H groups in total. The van der Waals surface area contributed by atoms with E-state index in [0.29, 0.717) is 13.2 Å². The van der Waals surface area contributed by atoms with Crippen molar-refractivity contribution in [2.24, 2.45) is 0 Å². The largest absolute Gasteiger partial charge is 0.489 e. The van der Waals surface area contributed by atoms with Crippen LogP contribution in [0.4, 0.5) is 4.79 Å². The van der Waals surface area contributed by atoms with E-state index in [4.69, 9.17) is 14.6 Å². The maximum absolute atomic E-state index is 10.9. The summed E-state index contributed by atoms with van der Waals surface area (Å²) in [4.78, 5) is 10.9. The Morgan fingerprint density at radius 2 is 2.11 bits per heavy atom. The van der Waals surface area contributed by atoms with Gasteiger partial charge in [0, 0.05) is 0 Å². The number of hydrogen-bond acceptors (Lipinski definition) is 4. The number of carbonyl (C=O) groups is 1. The zero-order valence-corrected chi connectivity index (χ0v) is 10.5. The summed E-state index contributed by atoms with van der Waals surface area (Å²) in [7, 11) is 0. The van der Waals surface area contributed by atoms with Gasteiger partial charge in [-0.2, -0.15) is 0 Å². The van der Waals surface area contributed by atoms with Crippen LogP contribution in [0.2, 0.25) is 0 Å². The maximum Gasteiger partial charge on any atom is 0.407 e. The van der Waals surface area contributed by atoms with Gasteiger partial charge in [-0.1, -0.05) is 12.1 Å². The molecule has 1 aliphatic rings. The molecule has 5 nitrogen and oxygen atoms in total. The maximum atomic E-state index is 10.9. The molecule has 18 heavy (non-hydrogen) atoms. The van der Waals surface area contributed by atoms with E-state index < -0.39 is 6.09 Å². The lowest BCUT2D eigenvalue weighted by atomic mass is 10.1. The fourth-order valence-electron chi connectivity index (χ4n) is 2.06. The van der Waals surface area contributed by atoms with Crippen LogP contribution < -0.4 is 10.1 Å². The minimum atomic E-state index is -0.396. The second kappa shape index (κ2) is 5.27. The predicted octanol–water partition coefficient (Wildman–Crippen LogP) is 1.28. The third-order valence-corrected chi connectivity index (χ3v) is 2.86. The number of rotatable bonds is 4. The molecule has 98 valence electrons. The zero-order valence-electron chi connectivity index (χ0n) is 10.5. The summed E-state index contributed by atoms with van der Waals surface area (Å²) in [6.45, 7) is 4.69. The highest BCUT2D eigenvalue weighted by atomic mass is 16.6. The molecule has 1 aromatic carbocycles. The second-order valence-corrected chi connectivity index (χ2v) is 4.44. The van der Waals surface area contributed by atoms with Crippen LogP contribution in [0.1, 0.15) is 16.7 Å². The lowest BCUT2D eigenvalue weighted by Crippen LogP contribution is -2.22. The van der Waals surface area contributed by atoms with E-state index in [0.717, 1.165) is 22.4 Å². The molecule has 5 heteroatoms. The molecule has 0 aliphatic carbocycles. The van der Waals surface area contributed by atoms with E-state index in [1.807, 2.05) is 26.0 Å². The minimum Gasteiger partial charge on any atom is -0.489 e. The van der Waals surface area contributed by atoms with Gasteiger partial charge in [-0.05, 0) is 30.5 Å². The Kier molecular flexibility index (Phi) is 3.72. The molecule has 1 saturated heterocycles. The van der Waals surface area contributed by atoms with Crippen LogP contribution in [-0.2, 0) is 11.3 Å². The Balaban J connectivity index is 2.03. The van der Waals surface area contributed by atoms with E-state index in [1.165, 1.54) is 0 Å². The number of nitrogens with one attached hydrogen (secondary N) is 1. The summed E-state index contributed by atoms with van der Waals surface area (Å²) in [5, 5.41) is 11.7. The van der Waals surface area contributed by atoms with Crippen LogP contribution in [0.3, 0.4) is 0 Å². The Morgan fingerprint density at radius 3 is 2.61 bits per heavy atom. The molecule has 0 bridgehead atoms. The molecule has 1 atom stereocenters. The molecule has 1 amide bonds. The van der Waals surface area contributed by atoms with E-state index in [2.05, 4.69) is 5.32 Å². The molecule has 1 aromatic rings. The standard InChI is InChI=1S/C13H17NO4/c1-8-3-10(6-15)4-9(2)12(8)17-7-11-5-14-13(16)18-11/h3-4,11,15H,5-7H2,1-2H3,(H,14,16).